The zero-order valence-corrected chi connectivity index (χ0v) is 26.9. The van der Waals surface area contributed by atoms with Crippen molar-refractivity contribution in [3.05, 3.63) is 33.3 Å². The molecule has 14 heteroatoms. The first-order valence-electron chi connectivity index (χ1n) is 13.8. The number of amides is 2. The molecule has 226 valence electrons. The number of fused-ring (bicyclic) bond motifs is 1. The first-order valence-corrected chi connectivity index (χ1v) is 14.8. The van der Waals surface area contributed by atoms with Crippen LogP contribution in [0.25, 0.3) is 16.6 Å². The molecule has 0 radical (unpaired) electrons. The first kappa shape index (κ1) is 31.3. The third-order valence-corrected chi connectivity index (χ3v) is 7.18. The normalized spacial score (nSPS) is 13.5. The molecule has 0 saturated carbocycles. The zero-order valence-electron chi connectivity index (χ0n) is 24.8. The Kier molecular flexibility index (Phi) is 10.1. The first-order chi connectivity index (χ1) is 20.0. The lowest BCUT2D eigenvalue weighted by Gasteiger charge is -2.29. The molecule has 0 aromatic carbocycles. The Hall–Kier alpha value is -3.69. The number of hydrogen-bond acceptors (Lipinski definition) is 10. The van der Waals surface area contributed by atoms with Gasteiger partial charge in [0.1, 0.15) is 31.8 Å². The van der Waals surface area contributed by atoms with Gasteiger partial charge in [-0.15, -0.1) is 0 Å². The molecule has 0 unspecified atom stereocenters. The smallest absolute Gasteiger partial charge is 0.413 e. The SMILES string of the molecule is CCCCNc1nc(NC(=O)OC)nc2c(I)nn(Cc3ncc(C4=CCN(C(=O)OC(C)(C)C)CC4)cc3OC)c12. The van der Waals surface area contributed by atoms with E-state index in [1.165, 1.54) is 7.11 Å². The highest BCUT2D eigenvalue weighted by Crippen LogP contribution is 2.30. The molecule has 4 rings (SSSR count). The van der Waals surface area contributed by atoms with Gasteiger partial charge in [0.15, 0.2) is 5.82 Å². The minimum Gasteiger partial charge on any atom is -0.495 e. The minimum absolute atomic E-state index is 0.122. The standard InChI is InChI=1S/C28H37IN8O5/c1-7-8-11-30-24-22-21(32-25(33-24)34-26(38)41-6)23(29)35-37(22)16-19-20(40-5)14-18(15-31-19)17-9-12-36(13-10-17)27(39)42-28(2,3)4/h9,14-15H,7-8,10-13,16H2,1-6H3,(H2,30,32,33,34,38). The maximum absolute atomic E-state index is 12.4. The average molecular weight is 693 g/mol. The van der Waals surface area contributed by atoms with Crippen LogP contribution in [-0.2, 0) is 16.0 Å². The fourth-order valence-electron chi connectivity index (χ4n) is 4.38. The molecule has 3 aromatic rings. The summed E-state index contributed by atoms with van der Waals surface area (Å²) in [4.78, 5) is 39.8. The number of nitrogens with one attached hydrogen (secondary N) is 2. The van der Waals surface area contributed by atoms with Gasteiger partial charge >= 0.3 is 12.2 Å². The van der Waals surface area contributed by atoms with E-state index in [-0.39, 0.29) is 12.0 Å². The van der Waals surface area contributed by atoms with Gasteiger partial charge in [0.25, 0.3) is 0 Å². The van der Waals surface area contributed by atoms with Crippen LogP contribution in [0.3, 0.4) is 0 Å². The molecule has 0 atom stereocenters. The van der Waals surface area contributed by atoms with Gasteiger partial charge in [0.2, 0.25) is 5.95 Å². The van der Waals surface area contributed by atoms with E-state index in [0.29, 0.717) is 64.6 Å². The van der Waals surface area contributed by atoms with E-state index in [2.05, 4.69) is 50.1 Å². The third kappa shape index (κ3) is 7.57. The molecule has 0 aliphatic carbocycles. The van der Waals surface area contributed by atoms with Gasteiger partial charge < -0.3 is 24.4 Å². The summed E-state index contributed by atoms with van der Waals surface area (Å²) in [7, 11) is 2.89. The summed E-state index contributed by atoms with van der Waals surface area (Å²) < 4.78 is 18.4. The van der Waals surface area contributed by atoms with Crippen molar-refractivity contribution in [2.45, 2.75) is 59.1 Å². The number of unbranched alkanes of at least 4 members (excludes halogenated alkanes) is 1. The minimum atomic E-state index is -0.657. The molecule has 42 heavy (non-hydrogen) atoms. The number of anilines is 2. The molecule has 3 aromatic heterocycles. The molecular formula is C28H37IN8O5. The Balaban J connectivity index is 1.60. The predicted molar refractivity (Wildman–Crippen MR) is 168 cm³/mol. The Labute approximate surface area is 258 Å². The van der Waals surface area contributed by atoms with E-state index < -0.39 is 11.7 Å². The van der Waals surface area contributed by atoms with Crippen LogP contribution in [0.1, 0.15) is 58.2 Å². The monoisotopic (exact) mass is 692 g/mol. The van der Waals surface area contributed by atoms with Gasteiger partial charge in [-0.1, -0.05) is 19.4 Å². The van der Waals surface area contributed by atoms with Crippen molar-refractivity contribution >= 4 is 63.2 Å². The highest BCUT2D eigenvalue weighted by Gasteiger charge is 2.25. The lowest BCUT2D eigenvalue weighted by molar-refractivity contribution is 0.0270. The van der Waals surface area contributed by atoms with E-state index in [0.717, 1.165) is 24.0 Å². The molecule has 13 nitrogen and oxygen atoms in total. The lowest BCUT2D eigenvalue weighted by atomic mass is 10.0. The Morgan fingerprint density at radius 2 is 1.98 bits per heavy atom. The van der Waals surface area contributed by atoms with E-state index in [1.54, 1.807) is 16.7 Å². The highest BCUT2D eigenvalue weighted by molar-refractivity contribution is 14.1. The van der Waals surface area contributed by atoms with Crippen LogP contribution in [0.2, 0.25) is 0 Å². The Morgan fingerprint density at radius 1 is 1.19 bits per heavy atom. The summed E-state index contributed by atoms with van der Waals surface area (Å²) in [6, 6.07) is 1.96. The van der Waals surface area contributed by atoms with Crippen LogP contribution in [0.4, 0.5) is 21.4 Å². The van der Waals surface area contributed by atoms with Crippen LogP contribution >= 0.6 is 22.6 Å². The quantitative estimate of drug-likeness (QED) is 0.224. The van der Waals surface area contributed by atoms with E-state index >= 15 is 0 Å². The maximum atomic E-state index is 12.4. The average Bonchev–Trinajstić information content (AvgIpc) is 3.27. The van der Waals surface area contributed by atoms with Crippen LogP contribution in [0, 0.1) is 3.70 Å². The molecule has 2 amide bonds. The van der Waals surface area contributed by atoms with Crippen LogP contribution < -0.4 is 15.4 Å². The fraction of sp³-hybridized carbons (Fsp3) is 0.500. The number of methoxy groups -OCH3 is 2. The molecule has 2 N–H and O–H groups in total. The van der Waals surface area contributed by atoms with Gasteiger partial charge in [-0.05, 0) is 73.4 Å². The summed E-state index contributed by atoms with van der Waals surface area (Å²) >= 11 is 2.12. The zero-order chi connectivity index (χ0) is 30.4. The number of carbonyl (C=O) groups excluding carboxylic acids is 2. The number of pyridine rings is 1. The number of aromatic nitrogens is 5. The van der Waals surface area contributed by atoms with Crippen LogP contribution in [0.15, 0.2) is 18.3 Å². The van der Waals surface area contributed by atoms with E-state index in [9.17, 15) is 9.59 Å². The summed E-state index contributed by atoms with van der Waals surface area (Å²) in [6.07, 6.45) is 5.50. The van der Waals surface area contributed by atoms with E-state index in [1.807, 2.05) is 39.1 Å². The Bertz CT molecular complexity index is 1480. The Morgan fingerprint density at radius 3 is 2.62 bits per heavy atom. The second-order valence-electron chi connectivity index (χ2n) is 10.7. The molecule has 1 aliphatic rings. The number of ether oxygens (including phenoxy) is 3. The second kappa shape index (κ2) is 13.5. The van der Waals surface area contributed by atoms with Crippen molar-refractivity contribution in [2.75, 3.05) is 44.5 Å². The van der Waals surface area contributed by atoms with Crippen molar-refractivity contribution in [2.24, 2.45) is 0 Å². The highest BCUT2D eigenvalue weighted by atomic mass is 127. The van der Waals surface area contributed by atoms with Crippen LogP contribution in [0.5, 0.6) is 5.75 Å². The van der Waals surface area contributed by atoms with Gasteiger partial charge in [0.05, 0.1) is 20.8 Å². The van der Waals surface area contributed by atoms with Crippen LogP contribution in [-0.4, -0.2) is 81.3 Å². The molecule has 0 saturated heterocycles. The molecule has 1 aliphatic heterocycles. The van der Waals surface area contributed by atoms with Crippen molar-refractivity contribution in [3.8, 4) is 5.75 Å². The van der Waals surface area contributed by atoms with Crippen molar-refractivity contribution in [1.29, 1.82) is 0 Å². The maximum Gasteiger partial charge on any atom is 0.413 e. The topological polar surface area (TPSA) is 146 Å². The number of nitrogens with zero attached hydrogens (tertiary/aromatic N) is 6. The van der Waals surface area contributed by atoms with Crippen molar-refractivity contribution < 1.29 is 23.8 Å². The third-order valence-electron chi connectivity index (χ3n) is 6.45. The number of rotatable bonds is 9. The molecule has 0 bridgehead atoms. The molecular weight excluding hydrogens is 655 g/mol. The van der Waals surface area contributed by atoms with Gasteiger partial charge in [-0.3, -0.25) is 15.0 Å². The van der Waals surface area contributed by atoms with Gasteiger partial charge in [-0.2, -0.15) is 10.1 Å². The number of hydrogen-bond donors (Lipinski definition) is 2. The van der Waals surface area contributed by atoms with E-state index in [4.69, 9.17) is 24.3 Å². The van der Waals surface area contributed by atoms with Crippen molar-refractivity contribution in [3.63, 3.8) is 0 Å². The lowest BCUT2D eigenvalue weighted by Crippen LogP contribution is -2.39. The second-order valence-corrected chi connectivity index (χ2v) is 11.7. The molecule has 0 spiro atoms. The van der Waals surface area contributed by atoms with Gasteiger partial charge in [-0.25, -0.2) is 14.6 Å². The largest absolute Gasteiger partial charge is 0.495 e. The molecule has 4 heterocycles. The van der Waals surface area contributed by atoms with Crippen molar-refractivity contribution in [1.82, 2.24) is 29.6 Å². The summed E-state index contributed by atoms with van der Waals surface area (Å²) in [6.45, 7) is 9.71. The summed E-state index contributed by atoms with van der Waals surface area (Å²) in [5.41, 5.74) is 3.46. The fourth-order valence-corrected chi connectivity index (χ4v) is 5.01. The number of halogens is 1. The number of carbonyl (C=O) groups is 2. The predicted octanol–water partition coefficient (Wildman–Crippen LogP) is 5.30. The molecule has 0 fully saturated rings. The summed E-state index contributed by atoms with van der Waals surface area (Å²) in [5, 5.41) is 10.6. The summed E-state index contributed by atoms with van der Waals surface area (Å²) in [5.74, 6) is 1.29. The van der Waals surface area contributed by atoms with Gasteiger partial charge in [0, 0.05) is 25.8 Å².